The minimum Gasteiger partial charge on any atom is -0.465 e. The summed E-state index contributed by atoms with van der Waals surface area (Å²) in [5.41, 5.74) is 1.02. The smallest absolute Gasteiger partial charge is 0.461 e. The van der Waals surface area contributed by atoms with Crippen molar-refractivity contribution in [3.63, 3.8) is 0 Å². The fraction of sp³-hybridized carbons (Fsp3) is 0.462. The van der Waals surface area contributed by atoms with Gasteiger partial charge in [0.2, 0.25) is 0 Å². The van der Waals surface area contributed by atoms with Crippen molar-refractivity contribution in [3.8, 4) is 0 Å². The lowest BCUT2D eigenvalue weighted by Crippen LogP contribution is -2.31. The van der Waals surface area contributed by atoms with Crippen molar-refractivity contribution in [2.24, 2.45) is 0 Å². The van der Waals surface area contributed by atoms with E-state index in [4.69, 9.17) is 9.47 Å². The van der Waals surface area contributed by atoms with Gasteiger partial charge in [-0.05, 0) is 24.0 Å². The molecule has 0 aliphatic heterocycles. The van der Waals surface area contributed by atoms with E-state index in [0.29, 0.717) is 13.2 Å². The van der Waals surface area contributed by atoms with Crippen molar-refractivity contribution < 1.29 is 18.8 Å². The lowest BCUT2D eigenvalue weighted by molar-refractivity contribution is -0.144. The van der Waals surface area contributed by atoms with Crippen LogP contribution in [0.3, 0.4) is 0 Å². The Balaban J connectivity index is 2.23. The summed E-state index contributed by atoms with van der Waals surface area (Å²) in [5.74, 6) is -0.408. The van der Waals surface area contributed by atoms with E-state index < -0.39 is 20.0 Å². The average Bonchev–Trinajstić information content (AvgIpc) is 2.40. The largest absolute Gasteiger partial charge is 0.465 e. The molecule has 2 unspecified atom stereocenters. The molecule has 1 rings (SSSR count). The topological polar surface area (TPSA) is 64.6 Å². The van der Waals surface area contributed by atoms with Crippen molar-refractivity contribution in [1.29, 1.82) is 0 Å². The first-order valence-electron chi connectivity index (χ1n) is 6.12. The highest BCUT2D eigenvalue weighted by Gasteiger charge is 2.25. The van der Waals surface area contributed by atoms with Gasteiger partial charge >= 0.3 is 13.9 Å². The Morgan fingerprint density at radius 3 is 2.68 bits per heavy atom. The Hall–Kier alpha value is -1.29. The van der Waals surface area contributed by atoms with Crippen LogP contribution in [0.5, 0.6) is 0 Å². The van der Waals surface area contributed by atoms with Crippen LogP contribution >= 0.6 is 7.95 Å². The second-order valence-corrected chi connectivity index (χ2v) is 5.22. The minimum atomic E-state index is -1.78. The molecule has 0 aromatic heterocycles. The molecule has 19 heavy (non-hydrogen) atoms. The van der Waals surface area contributed by atoms with Crippen molar-refractivity contribution in [1.82, 2.24) is 5.09 Å². The zero-order chi connectivity index (χ0) is 14.1. The molecule has 0 heterocycles. The molecule has 0 amide bonds. The van der Waals surface area contributed by atoms with Crippen LogP contribution in [0.25, 0.3) is 0 Å². The Labute approximate surface area is 114 Å². The monoisotopic (exact) mass is 284 g/mol. The molecule has 0 aliphatic carbocycles. The molecular weight excluding hydrogens is 265 g/mol. The summed E-state index contributed by atoms with van der Waals surface area (Å²) in [6, 6.07) is 9.03. The summed E-state index contributed by atoms with van der Waals surface area (Å²) in [5, 5.41) is 2.66. The van der Waals surface area contributed by atoms with Gasteiger partial charge in [0, 0.05) is 0 Å². The molecule has 2 atom stereocenters. The van der Waals surface area contributed by atoms with Gasteiger partial charge in [0.25, 0.3) is 6.35 Å². The summed E-state index contributed by atoms with van der Waals surface area (Å²) in [6.07, 6.45) is 0.0635. The van der Waals surface area contributed by atoms with Crippen LogP contribution in [-0.4, -0.2) is 25.0 Å². The number of rotatable bonds is 8. The van der Waals surface area contributed by atoms with Crippen molar-refractivity contribution in [2.75, 3.05) is 13.0 Å². The first-order valence-corrected chi connectivity index (χ1v) is 7.57. The molecule has 5 nitrogen and oxygen atoms in total. The fourth-order valence-electron chi connectivity index (χ4n) is 1.39. The summed E-state index contributed by atoms with van der Waals surface area (Å²) in [6.45, 7) is 4.06. The van der Waals surface area contributed by atoms with Crippen LogP contribution in [0.1, 0.15) is 19.4 Å². The van der Waals surface area contributed by atoms with E-state index >= 15 is 0 Å². The molecule has 0 radical (unpaired) electrons. The van der Waals surface area contributed by atoms with Crippen LogP contribution in [0.4, 0.5) is 0 Å². The van der Waals surface area contributed by atoms with Crippen LogP contribution in [0.15, 0.2) is 30.3 Å². The summed E-state index contributed by atoms with van der Waals surface area (Å²) < 4.78 is 21.8. The lowest BCUT2D eigenvalue weighted by atomic mass is 10.2. The van der Waals surface area contributed by atoms with Crippen LogP contribution in [0.2, 0.25) is 0 Å². The van der Waals surface area contributed by atoms with Crippen LogP contribution < -0.4 is 5.09 Å². The zero-order valence-electron chi connectivity index (χ0n) is 11.2. The van der Waals surface area contributed by atoms with E-state index in [1.54, 1.807) is 13.8 Å². The summed E-state index contributed by atoms with van der Waals surface area (Å²) in [4.78, 5) is 11.3. The first kappa shape index (κ1) is 15.8. The van der Waals surface area contributed by atoms with E-state index in [1.165, 1.54) is 0 Å². The number of esters is 1. The second kappa shape index (κ2) is 8.75. The summed E-state index contributed by atoms with van der Waals surface area (Å²) >= 11 is 0. The lowest BCUT2D eigenvalue weighted by Gasteiger charge is -2.05. The predicted octanol–water partition coefficient (Wildman–Crippen LogP) is 2.44. The number of hydrogen-bond acceptors (Lipinski definition) is 4. The Morgan fingerprint density at radius 1 is 1.37 bits per heavy atom. The van der Waals surface area contributed by atoms with Crippen molar-refractivity contribution >= 4 is 13.9 Å². The number of hydrogen-bond donors (Lipinski definition) is 1. The Morgan fingerprint density at radius 2 is 2.05 bits per heavy atom. The number of ether oxygens (including phenoxy) is 2. The molecule has 0 spiro atoms. The highest BCUT2D eigenvalue weighted by atomic mass is 31.1. The van der Waals surface area contributed by atoms with Gasteiger partial charge in [-0.15, -0.1) is 0 Å². The zero-order valence-corrected chi connectivity index (χ0v) is 12.1. The molecule has 0 saturated carbocycles. The minimum absolute atomic E-state index is 0.0635. The normalized spacial score (nSPS) is 12.8. The van der Waals surface area contributed by atoms with Crippen molar-refractivity contribution in [2.45, 2.75) is 26.5 Å². The third-order valence-corrected chi connectivity index (χ3v) is 3.39. The van der Waals surface area contributed by atoms with Crippen LogP contribution in [0, 0.1) is 0 Å². The number of nitrogens with one attached hydrogen (secondary N) is 1. The predicted molar refractivity (Wildman–Crippen MR) is 72.9 cm³/mol. The first-order chi connectivity index (χ1) is 9.13. The summed E-state index contributed by atoms with van der Waals surface area (Å²) in [7, 11) is -1.78. The highest BCUT2D eigenvalue weighted by Crippen LogP contribution is 2.17. The van der Waals surface area contributed by atoms with Gasteiger partial charge in [0.1, 0.15) is 6.04 Å². The molecule has 0 aliphatic rings. The molecule has 0 bridgehead atoms. The van der Waals surface area contributed by atoms with E-state index in [0.717, 1.165) is 5.56 Å². The molecule has 6 heteroatoms. The molecule has 0 fully saturated rings. The average molecular weight is 284 g/mol. The van der Waals surface area contributed by atoms with Crippen LogP contribution in [-0.2, 0) is 25.4 Å². The van der Waals surface area contributed by atoms with Gasteiger partial charge in [0.15, 0.2) is 0 Å². The maximum absolute atomic E-state index is 11.7. The van der Waals surface area contributed by atoms with Gasteiger partial charge in [-0.1, -0.05) is 35.4 Å². The molecule has 1 aromatic rings. The van der Waals surface area contributed by atoms with Gasteiger partial charge in [-0.25, -0.2) is 0 Å². The standard InChI is InChI=1S/C13H19NO4P/c1-3-18-13(15)11(2)14-19(16)10-17-9-12-7-5-4-6-8-12/h4-8,11H,3,9-10H2,1-2H3,(H,14,16)/q+1. The number of carbonyl (C=O) groups is 1. The molecule has 104 valence electrons. The van der Waals surface area contributed by atoms with Gasteiger partial charge in [-0.2, -0.15) is 0 Å². The van der Waals surface area contributed by atoms with Crippen molar-refractivity contribution in [3.05, 3.63) is 35.9 Å². The van der Waals surface area contributed by atoms with E-state index in [2.05, 4.69) is 5.09 Å². The quantitative estimate of drug-likeness (QED) is 0.586. The van der Waals surface area contributed by atoms with E-state index in [-0.39, 0.29) is 6.35 Å². The third-order valence-electron chi connectivity index (χ3n) is 2.30. The van der Waals surface area contributed by atoms with Gasteiger partial charge in [-0.3, -0.25) is 4.79 Å². The highest BCUT2D eigenvalue weighted by molar-refractivity contribution is 7.42. The van der Waals surface area contributed by atoms with E-state index in [1.807, 2.05) is 30.3 Å². The van der Waals surface area contributed by atoms with E-state index in [9.17, 15) is 9.36 Å². The fourth-order valence-corrected chi connectivity index (χ4v) is 2.26. The maximum atomic E-state index is 11.7. The maximum Gasteiger partial charge on any atom is 0.461 e. The molecular formula is C13H19NO4P+. The molecule has 1 aromatic carbocycles. The molecule has 1 N–H and O–H groups in total. The SMILES string of the molecule is CCOC(=O)C(C)N[P+](=O)COCc1ccccc1. The Kier molecular flexibility index (Phi) is 7.26. The number of benzene rings is 1. The number of carbonyl (C=O) groups excluding carboxylic acids is 1. The second-order valence-electron chi connectivity index (χ2n) is 3.94. The van der Waals surface area contributed by atoms with Gasteiger partial charge < -0.3 is 9.47 Å². The van der Waals surface area contributed by atoms with Gasteiger partial charge in [0.05, 0.1) is 13.2 Å². The molecule has 0 saturated heterocycles. The third kappa shape index (κ3) is 6.43. The Bertz CT molecular complexity index is 410.